The fourth-order valence-electron chi connectivity index (χ4n) is 1.73. The molecule has 0 saturated heterocycles. The number of hydrogen-bond acceptors (Lipinski definition) is 4. The average Bonchev–Trinajstić information content (AvgIpc) is 2.38. The van der Waals surface area contributed by atoms with Crippen LogP contribution in [0.5, 0.6) is 5.88 Å². The van der Waals surface area contributed by atoms with Gasteiger partial charge in [0.25, 0.3) is 0 Å². The first-order chi connectivity index (χ1) is 8.69. The van der Waals surface area contributed by atoms with E-state index in [9.17, 15) is 0 Å². The van der Waals surface area contributed by atoms with Crippen LogP contribution in [0.2, 0.25) is 0 Å². The molecule has 0 aliphatic carbocycles. The molecule has 0 saturated carbocycles. The molecule has 0 fully saturated rings. The molecule has 2 heterocycles. The molecule has 0 aliphatic heterocycles. The minimum atomic E-state index is 0.632. The molecule has 0 radical (unpaired) electrons. The Labute approximate surface area is 107 Å². The third-order valence-corrected chi connectivity index (χ3v) is 2.68. The monoisotopic (exact) mass is 243 g/mol. The molecule has 0 spiro atoms. The van der Waals surface area contributed by atoms with Crippen LogP contribution in [0, 0.1) is 13.8 Å². The van der Waals surface area contributed by atoms with Crippen molar-refractivity contribution in [3.05, 3.63) is 47.4 Å². The Bertz CT molecular complexity index is 540. The van der Waals surface area contributed by atoms with Gasteiger partial charge in [-0.1, -0.05) is 6.07 Å². The Morgan fingerprint density at radius 1 is 1.11 bits per heavy atom. The lowest BCUT2D eigenvalue weighted by Crippen LogP contribution is -2.04. The van der Waals surface area contributed by atoms with Gasteiger partial charge in [0.05, 0.1) is 30.7 Å². The van der Waals surface area contributed by atoms with Crippen LogP contribution in [0.15, 0.2) is 30.3 Å². The number of nitrogens with zero attached hydrogens (tertiary/aromatic N) is 2. The molecule has 0 aromatic carbocycles. The number of ether oxygens (including phenoxy) is 1. The second kappa shape index (κ2) is 5.49. The van der Waals surface area contributed by atoms with E-state index in [4.69, 9.17) is 4.74 Å². The summed E-state index contributed by atoms with van der Waals surface area (Å²) >= 11 is 0. The zero-order valence-corrected chi connectivity index (χ0v) is 10.9. The Morgan fingerprint density at radius 3 is 2.67 bits per heavy atom. The van der Waals surface area contributed by atoms with Gasteiger partial charge in [-0.15, -0.1) is 0 Å². The predicted octanol–water partition coefficient (Wildman–Crippen LogP) is 2.71. The van der Waals surface area contributed by atoms with Gasteiger partial charge in [-0.25, -0.2) is 4.98 Å². The number of pyridine rings is 2. The van der Waals surface area contributed by atoms with E-state index >= 15 is 0 Å². The molecular weight excluding hydrogens is 226 g/mol. The van der Waals surface area contributed by atoms with Crippen molar-refractivity contribution in [2.24, 2.45) is 0 Å². The SMILES string of the molecule is COc1cccc(CNc2ccc(C)nc2C)n1. The summed E-state index contributed by atoms with van der Waals surface area (Å²) in [6.07, 6.45) is 0. The summed E-state index contributed by atoms with van der Waals surface area (Å²) in [5.41, 5.74) is 4.00. The summed E-state index contributed by atoms with van der Waals surface area (Å²) in [6, 6.07) is 9.77. The van der Waals surface area contributed by atoms with E-state index in [2.05, 4.69) is 15.3 Å². The molecule has 2 rings (SSSR count). The fraction of sp³-hybridized carbons (Fsp3) is 0.286. The molecule has 1 N–H and O–H groups in total. The second-order valence-corrected chi connectivity index (χ2v) is 4.11. The first kappa shape index (κ1) is 12.4. The maximum Gasteiger partial charge on any atom is 0.213 e. The molecule has 94 valence electrons. The highest BCUT2D eigenvalue weighted by Gasteiger charge is 2.01. The Morgan fingerprint density at radius 2 is 1.94 bits per heavy atom. The standard InChI is InChI=1S/C14H17N3O/c1-10-7-8-13(11(2)16-10)15-9-12-5-4-6-14(17-12)18-3/h4-8,15H,9H2,1-3H3. The molecule has 0 aliphatic rings. The quantitative estimate of drug-likeness (QED) is 0.897. The fourth-order valence-corrected chi connectivity index (χ4v) is 1.73. The topological polar surface area (TPSA) is 47.0 Å². The van der Waals surface area contributed by atoms with Gasteiger partial charge in [-0.05, 0) is 32.0 Å². The van der Waals surface area contributed by atoms with Crippen LogP contribution >= 0.6 is 0 Å². The average molecular weight is 243 g/mol. The molecule has 2 aromatic rings. The largest absolute Gasteiger partial charge is 0.481 e. The number of anilines is 1. The van der Waals surface area contributed by atoms with Crippen molar-refractivity contribution >= 4 is 5.69 Å². The molecular formula is C14H17N3O. The summed E-state index contributed by atoms with van der Waals surface area (Å²) in [7, 11) is 1.62. The minimum absolute atomic E-state index is 0.632. The molecule has 4 nitrogen and oxygen atoms in total. The molecule has 0 atom stereocenters. The summed E-state index contributed by atoms with van der Waals surface area (Å²) < 4.78 is 5.10. The van der Waals surface area contributed by atoms with E-state index in [-0.39, 0.29) is 0 Å². The lowest BCUT2D eigenvalue weighted by atomic mass is 10.2. The van der Waals surface area contributed by atoms with Gasteiger partial charge in [0.2, 0.25) is 5.88 Å². The van der Waals surface area contributed by atoms with Crippen LogP contribution in [0.1, 0.15) is 17.1 Å². The van der Waals surface area contributed by atoms with Crippen molar-refractivity contribution in [1.29, 1.82) is 0 Å². The van der Waals surface area contributed by atoms with Crippen molar-refractivity contribution in [1.82, 2.24) is 9.97 Å². The van der Waals surface area contributed by atoms with E-state index in [1.165, 1.54) is 0 Å². The highest BCUT2D eigenvalue weighted by atomic mass is 16.5. The summed E-state index contributed by atoms with van der Waals surface area (Å²) in [6.45, 7) is 4.64. The number of aryl methyl sites for hydroxylation is 2. The molecule has 18 heavy (non-hydrogen) atoms. The van der Waals surface area contributed by atoms with Gasteiger partial charge >= 0.3 is 0 Å². The van der Waals surface area contributed by atoms with E-state index in [0.29, 0.717) is 12.4 Å². The lowest BCUT2D eigenvalue weighted by Gasteiger charge is -2.09. The van der Waals surface area contributed by atoms with Gasteiger partial charge in [0.15, 0.2) is 0 Å². The smallest absolute Gasteiger partial charge is 0.213 e. The van der Waals surface area contributed by atoms with Gasteiger partial charge < -0.3 is 10.1 Å². The third kappa shape index (κ3) is 2.97. The molecule has 4 heteroatoms. The summed E-state index contributed by atoms with van der Waals surface area (Å²) in [4.78, 5) is 8.76. The number of hydrogen-bond donors (Lipinski definition) is 1. The van der Waals surface area contributed by atoms with Crippen molar-refractivity contribution < 1.29 is 4.74 Å². The highest BCUT2D eigenvalue weighted by molar-refractivity contribution is 5.47. The number of aromatic nitrogens is 2. The summed E-state index contributed by atoms with van der Waals surface area (Å²) in [5.74, 6) is 0.632. The van der Waals surface area contributed by atoms with Crippen LogP contribution in [-0.2, 0) is 6.54 Å². The minimum Gasteiger partial charge on any atom is -0.481 e. The number of rotatable bonds is 4. The van der Waals surface area contributed by atoms with Crippen LogP contribution < -0.4 is 10.1 Å². The van der Waals surface area contributed by atoms with E-state index in [0.717, 1.165) is 22.8 Å². The van der Waals surface area contributed by atoms with Crippen LogP contribution in [0.4, 0.5) is 5.69 Å². The number of nitrogens with one attached hydrogen (secondary N) is 1. The molecule has 0 unspecified atom stereocenters. The van der Waals surface area contributed by atoms with Gasteiger partial charge in [-0.2, -0.15) is 0 Å². The maximum atomic E-state index is 5.10. The zero-order chi connectivity index (χ0) is 13.0. The molecule has 0 amide bonds. The van der Waals surface area contributed by atoms with Gasteiger partial charge in [0, 0.05) is 11.8 Å². The molecule has 2 aromatic heterocycles. The lowest BCUT2D eigenvalue weighted by molar-refractivity contribution is 0.396. The Balaban J connectivity index is 2.06. The highest BCUT2D eigenvalue weighted by Crippen LogP contribution is 2.14. The third-order valence-electron chi connectivity index (χ3n) is 2.68. The predicted molar refractivity (Wildman–Crippen MR) is 71.8 cm³/mol. The second-order valence-electron chi connectivity index (χ2n) is 4.11. The van der Waals surface area contributed by atoms with Crippen molar-refractivity contribution in [2.75, 3.05) is 12.4 Å². The zero-order valence-electron chi connectivity index (χ0n) is 10.9. The van der Waals surface area contributed by atoms with Crippen LogP contribution in [0.25, 0.3) is 0 Å². The van der Waals surface area contributed by atoms with E-state index in [1.807, 2.05) is 44.2 Å². The van der Waals surface area contributed by atoms with Crippen molar-refractivity contribution in [3.63, 3.8) is 0 Å². The van der Waals surface area contributed by atoms with Crippen molar-refractivity contribution in [3.8, 4) is 5.88 Å². The van der Waals surface area contributed by atoms with Gasteiger partial charge in [-0.3, -0.25) is 4.98 Å². The van der Waals surface area contributed by atoms with E-state index in [1.54, 1.807) is 7.11 Å². The van der Waals surface area contributed by atoms with Crippen molar-refractivity contribution in [2.45, 2.75) is 20.4 Å². The number of methoxy groups -OCH3 is 1. The molecule has 0 bridgehead atoms. The Hall–Kier alpha value is -2.10. The van der Waals surface area contributed by atoms with Crippen LogP contribution in [-0.4, -0.2) is 17.1 Å². The van der Waals surface area contributed by atoms with E-state index < -0.39 is 0 Å². The van der Waals surface area contributed by atoms with Crippen LogP contribution in [0.3, 0.4) is 0 Å². The first-order valence-electron chi connectivity index (χ1n) is 5.87. The Kier molecular flexibility index (Phi) is 3.77. The summed E-state index contributed by atoms with van der Waals surface area (Å²) in [5, 5.41) is 3.33. The first-order valence-corrected chi connectivity index (χ1v) is 5.87. The normalized spacial score (nSPS) is 10.2. The van der Waals surface area contributed by atoms with Gasteiger partial charge in [0.1, 0.15) is 0 Å². The maximum absolute atomic E-state index is 5.10.